The molecule has 13 heteroatoms. The number of carbonyl (C=O) groups excluding carboxylic acids is 3. The van der Waals surface area contributed by atoms with Crippen LogP contribution in [0.4, 0.5) is 11.4 Å². The SMILES string of the molecule is O=C(CCCCCCN1C(=O)C(Cl)=C(Nc2ccccc2)C1=O)Nc1ccc(O[C@H]2O[C@H](CO)[C@@H](O)[C@H](O)[C@@H]2O)cc1. The van der Waals surface area contributed by atoms with E-state index < -0.39 is 49.1 Å². The Morgan fingerprint density at radius 2 is 1.57 bits per heavy atom. The minimum Gasteiger partial charge on any atom is -0.462 e. The lowest BCUT2D eigenvalue weighted by atomic mass is 9.99. The van der Waals surface area contributed by atoms with Gasteiger partial charge >= 0.3 is 0 Å². The summed E-state index contributed by atoms with van der Waals surface area (Å²) in [6.45, 7) is -0.328. The van der Waals surface area contributed by atoms with Gasteiger partial charge in [0.2, 0.25) is 12.2 Å². The van der Waals surface area contributed by atoms with E-state index in [1.807, 2.05) is 6.07 Å². The van der Waals surface area contributed by atoms with Crippen molar-refractivity contribution in [3.8, 4) is 5.75 Å². The minimum atomic E-state index is -1.55. The van der Waals surface area contributed by atoms with Crippen LogP contribution in [0, 0.1) is 0 Å². The van der Waals surface area contributed by atoms with Crippen LogP contribution >= 0.6 is 11.6 Å². The van der Waals surface area contributed by atoms with E-state index in [9.17, 15) is 34.8 Å². The predicted octanol–water partition coefficient (Wildman–Crippen LogP) is 1.69. The Hall–Kier alpha value is -3.52. The summed E-state index contributed by atoms with van der Waals surface area (Å²) < 4.78 is 10.9. The van der Waals surface area contributed by atoms with Crippen LogP contribution in [0.25, 0.3) is 0 Å². The average molecular weight is 604 g/mol. The number of unbranched alkanes of at least 4 members (excludes halogenated alkanes) is 3. The molecule has 5 atom stereocenters. The molecule has 0 spiro atoms. The number of aliphatic hydroxyl groups is 4. The first-order valence-electron chi connectivity index (χ1n) is 13.6. The van der Waals surface area contributed by atoms with Crippen molar-refractivity contribution in [2.24, 2.45) is 0 Å². The van der Waals surface area contributed by atoms with Crippen molar-refractivity contribution in [1.29, 1.82) is 0 Å². The van der Waals surface area contributed by atoms with E-state index in [-0.39, 0.29) is 35.4 Å². The Morgan fingerprint density at radius 1 is 0.881 bits per heavy atom. The van der Waals surface area contributed by atoms with Gasteiger partial charge in [0, 0.05) is 24.3 Å². The summed E-state index contributed by atoms with van der Waals surface area (Å²) in [5, 5.41) is 44.7. The molecule has 0 radical (unpaired) electrons. The Bertz CT molecular complexity index is 1270. The molecule has 0 bridgehead atoms. The van der Waals surface area contributed by atoms with Gasteiger partial charge in [0.15, 0.2) is 0 Å². The first-order chi connectivity index (χ1) is 20.2. The summed E-state index contributed by atoms with van der Waals surface area (Å²) in [5.74, 6) is -0.885. The summed E-state index contributed by atoms with van der Waals surface area (Å²) in [4.78, 5) is 38.6. The van der Waals surface area contributed by atoms with Gasteiger partial charge < -0.3 is 40.5 Å². The number of nitrogens with one attached hydrogen (secondary N) is 2. The van der Waals surface area contributed by atoms with Crippen molar-refractivity contribution in [1.82, 2.24) is 4.90 Å². The van der Waals surface area contributed by atoms with Crippen LogP contribution in [0.5, 0.6) is 5.75 Å². The van der Waals surface area contributed by atoms with Crippen LogP contribution in [0.2, 0.25) is 0 Å². The van der Waals surface area contributed by atoms with Crippen LogP contribution in [0.15, 0.2) is 65.3 Å². The van der Waals surface area contributed by atoms with E-state index in [0.717, 1.165) is 11.3 Å². The Morgan fingerprint density at radius 3 is 2.26 bits per heavy atom. The smallest absolute Gasteiger partial charge is 0.278 e. The third kappa shape index (κ3) is 7.65. The highest BCUT2D eigenvalue weighted by molar-refractivity contribution is 6.48. The number of hydrogen-bond donors (Lipinski definition) is 6. The number of halogens is 1. The number of para-hydroxylation sites is 1. The first-order valence-corrected chi connectivity index (χ1v) is 14.0. The van der Waals surface area contributed by atoms with Crippen molar-refractivity contribution in [2.75, 3.05) is 23.8 Å². The molecule has 42 heavy (non-hydrogen) atoms. The second-order valence-corrected chi connectivity index (χ2v) is 10.4. The quantitative estimate of drug-likeness (QED) is 0.146. The fourth-order valence-electron chi connectivity index (χ4n) is 4.57. The molecule has 4 rings (SSSR count). The Kier molecular flexibility index (Phi) is 10.9. The van der Waals surface area contributed by atoms with E-state index in [1.165, 1.54) is 0 Å². The maximum atomic E-state index is 12.7. The number of aliphatic hydroxyl groups excluding tert-OH is 4. The van der Waals surface area contributed by atoms with E-state index in [1.54, 1.807) is 48.5 Å². The number of rotatable bonds is 13. The number of nitrogens with zero attached hydrogens (tertiary/aromatic N) is 1. The number of carbonyl (C=O) groups is 3. The topological polar surface area (TPSA) is 178 Å². The van der Waals surface area contributed by atoms with Crippen LogP contribution in [0.3, 0.4) is 0 Å². The third-order valence-corrected chi connectivity index (χ3v) is 7.28. The highest BCUT2D eigenvalue weighted by Crippen LogP contribution is 2.27. The molecule has 2 heterocycles. The average Bonchev–Trinajstić information content (AvgIpc) is 3.19. The zero-order valence-corrected chi connectivity index (χ0v) is 23.4. The van der Waals surface area contributed by atoms with E-state index in [0.29, 0.717) is 30.6 Å². The summed E-state index contributed by atoms with van der Waals surface area (Å²) in [7, 11) is 0. The molecule has 2 aliphatic heterocycles. The molecule has 1 saturated heterocycles. The molecule has 6 N–H and O–H groups in total. The van der Waals surface area contributed by atoms with Gasteiger partial charge in [0.05, 0.1) is 6.61 Å². The zero-order chi connectivity index (χ0) is 30.2. The molecule has 2 aromatic rings. The standard InChI is InChI=1S/C29H34ClN3O9/c30-22-23(32-17-8-4-3-5-9-17)28(40)33(27(22)39)15-7-2-1-6-10-21(35)31-18-11-13-19(14-12-18)41-29-26(38)25(37)24(36)20(16-34)42-29/h3-5,8-9,11-14,20,24-26,29,32,34,36-38H,1-2,6-7,10,15-16H2,(H,31,35)/t20-,24-,25+,26+,29+/m1/s1. The van der Waals surface area contributed by atoms with Crippen molar-refractivity contribution < 1.29 is 44.3 Å². The van der Waals surface area contributed by atoms with Gasteiger partial charge in [-0.2, -0.15) is 0 Å². The maximum Gasteiger partial charge on any atom is 0.278 e. The van der Waals surface area contributed by atoms with Gasteiger partial charge in [-0.1, -0.05) is 42.6 Å². The molecule has 226 valence electrons. The van der Waals surface area contributed by atoms with Crippen molar-refractivity contribution in [3.05, 3.63) is 65.3 Å². The Balaban J connectivity index is 1.13. The molecule has 1 fully saturated rings. The highest BCUT2D eigenvalue weighted by atomic mass is 35.5. The molecule has 3 amide bonds. The van der Waals surface area contributed by atoms with Crippen LogP contribution in [0.1, 0.15) is 32.1 Å². The molecule has 0 aliphatic carbocycles. The molecule has 12 nitrogen and oxygen atoms in total. The predicted molar refractivity (Wildman–Crippen MR) is 152 cm³/mol. The number of anilines is 2. The number of ether oxygens (including phenoxy) is 2. The molecule has 0 saturated carbocycles. The van der Waals surface area contributed by atoms with Gasteiger partial charge in [-0.3, -0.25) is 19.3 Å². The normalized spacial score (nSPS) is 24.2. The summed E-state index contributed by atoms with van der Waals surface area (Å²) in [5.41, 5.74) is 1.25. The summed E-state index contributed by atoms with van der Waals surface area (Å²) in [6, 6.07) is 15.3. The molecule has 2 aromatic carbocycles. The fraction of sp³-hybridized carbons (Fsp3) is 0.414. The number of imide groups is 1. The second kappa shape index (κ2) is 14.6. The van der Waals surface area contributed by atoms with E-state index in [2.05, 4.69) is 10.6 Å². The van der Waals surface area contributed by atoms with Gasteiger partial charge in [-0.15, -0.1) is 0 Å². The van der Waals surface area contributed by atoms with Crippen LogP contribution in [-0.4, -0.2) is 86.9 Å². The molecule has 2 aliphatic rings. The van der Waals surface area contributed by atoms with Crippen LogP contribution in [-0.2, 0) is 19.1 Å². The molecule has 0 unspecified atom stereocenters. The fourth-order valence-corrected chi connectivity index (χ4v) is 4.80. The van der Waals surface area contributed by atoms with Crippen molar-refractivity contribution in [3.63, 3.8) is 0 Å². The minimum absolute atomic E-state index is 0.0676. The van der Waals surface area contributed by atoms with Crippen molar-refractivity contribution in [2.45, 2.75) is 62.8 Å². The van der Waals surface area contributed by atoms with Gasteiger partial charge in [0.25, 0.3) is 11.8 Å². The largest absolute Gasteiger partial charge is 0.462 e. The first kappa shape index (κ1) is 31.4. The van der Waals surface area contributed by atoms with Gasteiger partial charge in [0.1, 0.15) is 40.9 Å². The zero-order valence-electron chi connectivity index (χ0n) is 22.7. The molecular formula is C29H34ClN3O9. The number of benzene rings is 2. The number of amides is 3. The molecule has 0 aromatic heterocycles. The second-order valence-electron chi connectivity index (χ2n) is 9.99. The Labute approximate surface area is 247 Å². The summed E-state index contributed by atoms with van der Waals surface area (Å²) >= 11 is 6.12. The lowest BCUT2D eigenvalue weighted by Crippen LogP contribution is -2.60. The van der Waals surface area contributed by atoms with E-state index >= 15 is 0 Å². The third-order valence-electron chi connectivity index (χ3n) is 6.93. The lowest BCUT2D eigenvalue weighted by Gasteiger charge is -2.39. The van der Waals surface area contributed by atoms with Crippen LogP contribution < -0.4 is 15.4 Å². The lowest BCUT2D eigenvalue weighted by molar-refractivity contribution is -0.277. The summed E-state index contributed by atoms with van der Waals surface area (Å²) in [6.07, 6.45) is -4.01. The van der Waals surface area contributed by atoms with Gasteiger partial charge in [-0.25, -0.2) is 0 Å². The van der Waals surface area contributed by atoms with E-state index in [4.69, 9.17) is 21.1 Å². The van der Waals surface area contributed by atoms with Gasteiger partial charge in [-0.05, 0) is 49.2 Å². The van der Waals surface area contributed by atoms with Crippen molar-refractivity contribution >= 4 is 40.7 Å². The maximum absolute atomic E-state index is 12.7. The molecular weight excluding hydrogens is 570 g/mol. The monoisotopic (exact) mass is 603 g/mol. The highest BCUT2D eigenvalue weighted by Gasteiger charge is 2.44. The number of hydrogen-bond acceptors (Lipinski definition) is 10.